The number of aryl methyl sites for hydroxylation is 2. The zero-order chi connectivity index (χ0) is 21.7. The number of hydrogen-bond acceptors (Lipinski definition) is 5. The van der Waals surface area contributed by atoms with E-state index >= 15 is 0 Å². The standard InChI is InChI=1S/C23H25N3O3S/c1-15-5-7-17(8-6-15)23-20(30-16(2)24-23)13-21(27)25-18-9-11-19(12-10-18)29-14-22(28)26(3)4/h5-12H,13-14H2,1-4H3,(H,25,27). The van der Waals surface area contributed by atoms with Crippen LogP contribution in [0.25, 0.3) is 11.3 Å². The number of amides is 2. The molecule has 2 amide bonds. The summed E-state index contributed by atoms with van der Waals surface area (Å²) in [6.07, 6.45) is 0.254. The van der Waals surface area contributed by atoms with Crippen LogP contribution in [0.2, 0.25) is 0 Å². The van der Waals surface area contributed by atoms with Gasteiger partial charge in [-0.2, -0.15) is 0 Å². The Hall–Kier alpha value is -3.19. The van der Waals surface area contributed by atoms with Crippen molar-refractivity contribution in [2.75, 3.05) is 26.0 Å². The maximum absolute atomic E-state index is 12.6. The molecule has 0 saturated heterocycles. The van der Waals surface area contributed by atoms with Gasteiger partial charge in [0.25, 0.3) is 5.91 Å². The summed E-state index contributed by atoms with van der Waals surface area (Å²) in [6, 6.07) is 15.1. The third kappa shape index (κ3) is 5.67. The fourth-order valence-corrected chi connectivity index (χ4v) is 3.74. The second-order valence-electron chi connectivity index (χ2n) is 7.20. The molecule has 0 radical (unpaired) electrons. The lowest BCUT2D eigenvalue weighted by molar-refractivity contribution is -0.130. The predicted molar refractivity (Wildman–Crippen MR) is 120 cm³/mol. The zero-order valence-electron chi connectivity index (χ0n) is 17.6. The monoisotopic (exact) mass is 423 g/mol. The van der Waals surface area contributed by atoms with Crippen molar-refractivity contribution in [1.29, 1.82) is 0 Å². The largest absolute Gasteiger partial charge is 0.484 e. The number of thiazole rings is 1. The maximum atomic E-state index is 12.6. The lowest BCUT2D eigenvalue weighted by Crippen LogP contribution is -2.27. The molecule has 1 heterocycles. The molecule has 3 aromatic rings. The summed E-state index contributed by atoms with van der Waals surface area (Å²) in [5.41, 5.74) is 3.73. The highest BCUT2D eigenvalue weighted by Crippen LogP contribution is 2.29. The summed E-state index contributed by atoms with van der Waals surface area (Å²) in [6.45, 7) is 3.97. The topological polar surface area (TPSA) is 71.5 Å². The molecule has 2 aromatic carbocycles. The number of benzene rings is 2. The number of likely N-dealkylation sites (N-methyl/N-ethyl adjacent to an activating group) is 1. The minimum Gasteiger partial charge on any atom is -0.484 e. The number of anilines is 1. The first-order valence-corrected chi connectivity index (χ1v) is 10.4. The van der Waals surface area contributed by atoms with Gasteiger partial charge in [0.05, 0.1) is 17.1 Å². The first-order chi connectivity index (χ1) is 14.3. The smallest absolute Gasteiger partial charge is 0.259 e. The van der Waals surface area contributed by atoms with Gasteiger partial charge in [-0.3, -0.25) is 9.59 Å². The molecular weight excluding hydrogens is 398 g/mol. The molecule has 0 aliphatic rings. The number of ether oxygens (including phenoxy) is 1. The quantitative estimate of drug-likeness (QED) is 0.622. The van der Waals surface area contributed by atoms with Crippen LogP contribution in [0.4, 0.5) is 5.69 Å². The second-order valence-corrected chi connectivity index (χ2v) is 8.48. The number of rotatable bonds is 7. The van der Waals surface area contributed by atoms with Gasteiger partial charge in [0.15, 0.2) is 6.61 Å². The molecule has 1 N–H and O–H groups in total. The first-order valence-electron chi connectivity index (χ1n) is 9.58. The summed E-state index contributed by atoms with van der Waals surface area (Å²) in [5, 5.41) is 3.84. The normalized spacial score (nSPS) is 10.5. The van der Waals surface area contributed by atoms with Gasteiger partial charge >= 0.3 is 0 Å². The third-order valence-corrected chi connectivity index (χ3v) is 5.42. The van der Waals surface area contributed by atoms with Crippen molar-refractivity contribution in [3.8, 4) is 17.0 Å². The Morgan fingerprint density at radius 1 is 1.03 bits per heavy atom. The van der Waals surface area contributed by atoms with Gasteiger partial charge in [-0.15, -0.1) is 11.3 Å². The summed E-state index contributed by atoms with van der Waals surface area (Å²) < 4.78 is 5.45. The third-order valence-electron chi connectivity index (χ3n) is 4.45. The lowest BCUT2D eigenvalue weighted by atomic mass is 10.1. The molecule has 156 valence electrons. The van der Waals surface area contributed by atoms with Crippen LogP contribution < -0.4 is 10.1 Å². The fraction of sp³-hybridized carbons (Fsp3) is 0.261. The van der Waals surface area contributed by atoms with Crippen molar-refractivity contribution in [2.24, 2.45) is 0 Å². The van der Waals surface area contributed by atoms with E-state index in [1.165, 1.54) is 21.8 Å². The predicted octanol–water partition coefficient (Wildman–Crippen LogP) is 4.08. The van der Waals surface area contributed by atoms with Crippen LogP contribution in [0.5, 0.6) is 5.75 Å². The maximum Gasteiger partial charge on any atom is 0.259 e. The number of carbonyl (C=O) groups is 2. The summed E-state index contributed by atoms with van der Waals surface area (Å²) in [5.74, 6) is 0.350. The Balaban J connectivity index is 1.62. The van der Waals surface area contributed by atoms with Crippen LogP contribution in [0.3, 0.4) is 0 Å². The number of hydrogen-bond donors (Lipinski definition) is 1. The Morgan fingerprint density at radius 3 is 2.33 bits per heavy atom. The van der Waals surface area contributed by atoms with Crippen molar-refractivity contribution in [3.05, 3.63) is 64.0 Å². The first kappa shape index (κ1) is 21.5. The number of nitrogens with zero attached hydrogens (tertiary/aromatic N) is 2. The van der Waals surface area contributed by atoms with Crippen LogP contribution >= 0.6 is 11.3 Å². The van der Waals surface area contributed by atoms with Crippen molar-refractivity contribution in [3.63, 3.8) is 0 Å². The van der Waals surface area contributed by atoms with E-state index in [2.05, 4.69) is 10.3 Å². The van der Waals surface area contributed by atoms with E-state index < -0.39 is 0 Å². The van der Waals surface area contributed by atoms with Gasteiger partial charge in [0.1, 0.15) is 5.75 Å². The van der Waals surface area contributed by atoms with E-state index in [0.29, 0.717) is 11.4 Å². The van der Waals surface area contributed by atoms with Crippen LogP contribution in [-0.4, -0.2) is 42.4 Å². The van der Waals surface area contributed by atoms with Crippen LogP contribution in [0.15, 0.2) is 48.5 Å². The van der Waals surface area contributed by atoms with Crippen LogP contribution in [0.1, 0.15) is 15.4 Å². The SMILES string of the molecule is Cc1ccc(-c2nc(C)sc2CC(=O)Nc2ccc(OCC(=O)N(C)C)cc2)cc1. The summed E-state index contributed by atoms with van der Waals surface area (Å²) >= 11 is 1.54. The molecule has 30 heavy (non-hydrogen) atoms. The summed E-state index contributed by atoms with van der Waals surface area (Å²) in [7, 11) is 3.36. The molecule has 3 rings (SSSR count). The fourth-order valence-electron chi connectivity index (χ4n) is 2.79. The van der Waals surface area contributed by atoms with Crippen molar-refractivity contribution in [2.45, 2.75) is 20.3 Å². The van der Waals surface area contributed by atoms with Gasteiger partial charge in [-0.1, -0.05) is 29.8 Å². The van der Waals surface area contributed by atoms with Crippen LogP contribution in [-0.2, 0) is 16.0 Å². The van der Waals surface area contributed by atoms with E-state index in [1.807, 2.05) is 38.1 Å². The zero-order valence-corrected chi connectivity index (χ0v) is 18.4. The van der Waals surface area contributed by atoms with Crippen molar-refractivity contribution >= 4 is 28.8 Å². The minimum absolute atomic E-state index is 0.0226. The molecule has 0 atom stereocenters. The van der Waals surface area contributed by atoms with Crippen molar-refractivity contribution in [1.82, 2.24) is 9.88 Å². The Kier molecular flexibility index (Phi) is 6.84. The Morgan fingerprint density at radius 2 is 1.70 bits per heavy atom. The summed E-state index contributed by atoms with van der Waals surface area (Å²) in [4.78, 5) is 31.2. The van der Waals surface area contributed by atoms with Crippen LogP contribution in [0, 0.1) is 13.8 Å². The van der Waals surface area contributed by atoms with Gasteiger partial charge in [0.2, 0.25) is 5.91 Å². The molecule has 7 heteroatoms. The highest BCUT2D eigenvalue weighted by molar-refractivity contribution is 7.12. The average molecular weight is 424 g/mol. The van der Waals surface area contributed by atoms with E-state index in [4.69, 9.17) is 4.74 Å². The lowest BCUT2D eigenvalue weighted by Gasteiger charge is -2.11. The van der Waals surface area contributed by atoms with E-state index in [9.17, 15) is 9.59 Å². The van der Waals surface area contributed by atoms with Gasteiger partial charge in [-0.05, 0) is 38.1 Å². The molecule has 0 aliphatic heterocycles. The van der Waals surface area contributed by atoms with Gasteiger partial charge < -0.3 is 15.0 Å². The van der Waals surface area contributed by atoms with E-state index in [0.717, 1.165) is 21.1 Å². The molecule has 0 saturated carbocycles. The molecule has 1 aromatic heterocycles. The molecule has 0 bridgehead atoms. The van der Waals surface area contributed by atoms with E-state index in [-0.39, 0.29) is 24.8 Å². The molecule has 6 nitrogen and oxygen atoms in total. The number of aromatic nitrogens is 1. The molecule has 0 aliphatic carbocycles. The van der Waals surface area contributed by atoms with Gasteiger partial charge in [0, 0.05) is 30.2 Å². The molecule has 0 spiro atoms. The minimum atomic E-state index is -0.114. The van der Waals surface area contributed by atoms with Gasteiger partial charge in [-0.25, -0.2) is 4.98 Å². The Bertz CT molecular complexity index is 1020. The Labute approximate surface area is 180 Å². The average Bonchev–Trinajstić information content (AvgIpc) is 3.07. The molecular formula is C23H25N3O3S. The highest BCUT2D eigenvalue weighted by atomic mass is 32.1. The second kappa shape index (κ2) is 9.54. The number of nitrogens with one attached hydrogen (secondary N) is 1. The highest BCUT2D eigenvalue weighted by Gasteiger charge is 2.15. The van der Waals surface area contributed by atoms with Crippen molar-refractivity contribution < 1.29 is 14.3 Å². The molecule has 0 unspecified atom stereocenters. The molecule has 0 fully saturated rings. The number of carbonyl (C=O) groups excluding carboxylic acids is 2. The van der Waals surface area contributed by atoms with E-state index in [1.54, 1.807) is 38.4 Å².